The molecule has 2 aliphatic heterocycles. The Labute approximate surface area is 240 Å². The Kier molecular flexibility index (Phi) is 9.05. The molecule has 2 aliphatic rings. The Morgan fingerprint density at radius 3 is 1.37 bits per heavy atom. The fourth-order valence-electron chi connectivity index (χ4n) is 3.97. The van der Waals surface area contributed by atoms with Gasteiger partial charge in [0.2, 0.25) is 0 Å². The van der Waals surface area contributed by atoms with Crippen molar-refractivity contribution in [3.05, 3.63) is 75.9 Å². The molecule has 0 saturated heterocycles. The van der Waals surface area contributed by atoms with Gasteiger partial charge in [-0.2, -0.15) is 5.26 Å². The predicted molar refractivity (Wildman–Crippen MR) is 175 cm³/mol. The van der Waals surface area contributed by atoms with E-state index >= 15 is 0 Å². The summed E-state index contributed by atoms with van der Waals surface area (Å²) in [5, 5.41) is 17.0. The molecule has 0 aliphatic carbocycles. The van der Waals surface area contributed by atoms with E-state index in [0.29, 0.717) is 6.42 Å². The highest BCUT2D eigenvalue weighted by Gasteiger charge is 2.25. The zero-order valence-electron chi connectivity index (χ0n) is 19.2. The van der Waals surface area contributed by atoms with Crippen molar-refractivity contribution in [2.75, 3.05) is 24.5 Å². The molecular weight excluding hydrogens is 583 g/mol. The number of nitriles is 1. The molecule has 0 N–H and O–H groups in total. The first kappa shape index (κ1) is 26.3. The summed E-state index contributed by atoms with van der Waals surface area (Å²) in [4.78, 5) is 0. The van der Waals surface area contributed by atoms with Gasteiger partial charge in [0.25, 0.3) is 0 Å². The molecule has 0 fully saturated rings. The molecule has 0 bridgehead atoms. The number of fused-ring (bicyclic) bond motifs is 2. The summed E-state index contributed by atoms with van der Waals surface area (Å²) in [7, 11) is 0. The monoisotopic (exact) mass is 603 g/mol. The van der Waals surface area contributed by atoms with E-state index < -0.39 is 0 Å². The number of hydrogen-bond acceptors (Lipinski definition) is 9. The first-order valence-electron chi connectivity index (χ1n) is 10.7. The summed E-state index contributed by atoms with van der Waals surface area (Å²) in [5.74, 6) is 0.840. The zero-order valence-corrected chi connectivity index (χ0v) is 25.8. The van der Waals surface area contributed by atoms with E-state index in [1.165, 1.54) is 57.4 Å². The average molecular weight is 604 g/mol. The number of hydrogen-bond donors (Lipinski definition) is 0. The summed E-state index contributed by atoms with van der Waals surface area (Å²) in [6.07, 6.45) is 7.08. The zero-order chi connectivity index (χ0) is 24.4. The largest absolute Gasteiger partial charge is 0.198 e. The quantitative estimate of drug-likeness (QED) is 0.202. The molecule has 3 aromatic carbocycles. The summed E-state index contributed by atoms with van der Waals surface area (Å²) in [6.45, 7) is 0. The Morgan fingerprint density at radius 2 is 1.00 bits per heavy atom. The molecule has 35 heavy (non-hydrogen) atoms. The lowest BCUT2D eigenvalue weighted by Gasteiger charge is -2.11. The van der Waals surface area contributed by atoms with E-state index in [1.807, 2.05) is 94.1 Å². The van der Waals surface area contributed by atoms with Crippen LogP contribution in [0.2, 0.25) is 0 Å². The van der Waals surface area contributed by atoms with Crippen molar-refractivity contribution < 1.29 is 0 Å². The molecule has 0 unspecified atom stereocenters. The molecule has 3 aromatic rings. The molecule has 178 valence electrons. The van der Waals surface area contributed by atoms with Crippen LogP contribution < -0.4 is 10.4 Å². The van der Waals surface area contributed by atoms with Gasteiger partial charge in [-0.3, -0.25) is 0 Å². The molecule has 0 amide bonds. The molecule has 2 heterocycles. The highest BCUT2D eigenvalue weighted by molar-refractivity contribution is 8.46. The standard InChI is InChI=1S/C26H21NS8/c1-28-23-24(29-2)33-21(32-23)19-15-9-4-6-11-17(15)20(18-12-7-5-10-16(18)19)22-34-25(30-3)26(35-22)31-14-8-13-27/h4-7,9-12H,8,14H2,1-3H3. The molecular formula is C26H21NS8. The lowest BCUT2D eigenvalue weighted by molar-refractivity contribution is 1.24. The normalized spacial score (nSPS) is 16.3. The van der Waals surface area contributed by atoms with Gasteiger partial charge in [0.1, 0.15) is 0 Å². The minimum absolute atomic E-state index is 0.578. The van der Waals surface area contributed by atoms with Gasteiger partial charge < -0.3 is 0 Å². The molecule has 0 atom stereocenters. The molecule has 0 aromatic heterocycles. The van der Waals surface area contributed by atoms with Crippen molar-refractivity contribution in [1.82, 2.24) is 0 Å². The van der Waals surface area contributed by atoms with Crippen molar-refractivity contribution in [1.29, 1.82) is 5.26 Å². The van der Waals surface area contributed by atoms with E-state index in [2.05, 4.69) is 73.4 Å². The van der Waals surface area contributed by atoms with Gasteiger partial charge in [0.15, 0.2) is 0 Å². The van der Waals surface area contributed by atoms with Crippen LogP contribution in [0.5, 0.6) is 0 Å². The number of benzene rings is 3. The number of thioether (sulfide) groups is 8. The third kappa shape index (κ3) is 5.20. The minimum atomic E-state index is 0.578. The average Bonchev–Trinajstić information content (AvgIpc) is 3.50. The number of rotatable bonds is 6. The van der Waals surface area contributed by atoms with Gasteiger partial charge in [0.05, 0.1) is 31.5 Å². The molecule has 0 spiro atoms. The maximum Gasteiger partial charge on any atom is 0.0660 e. The SMILES string of the molecule is CSC1=C(SC)SC(=c2c3ccccc3c(=C3SC(SC)=C(SCCC#N)S3)c3ccccc23)S1. The Hall–Kier alpha value is -0.310. The second kappa shape index (κ2) is 12.0. The molecule has 9 heteroatoms. The van der Waals surface area contributed by atoms with Crippen LogP contribution in [0.3, 0.4) is 0 Å². The Balaban J connectivity index is 1.79. The van der Waals surface area contributed by atoms with E-state index in [-0.39, 0.29) is 0 Å². The lowest BCUT2D eigenvalue weighted by Crippen LogP contribution is -2.16. The van der Waals surface area contributed by atoms with Crippen molar-refractivity contribution >= 4 is 124 Å². The van der Waals surface area contributed by atoms with Gasteiger partial charge in [-0.25, -0.2) is 0 Å². The Bertz CT molecular complexity index is 1470. The van der Waals surface area contributed by atoms with Crippen LogP contribution in [0, 0.1) is 11.3 Å². The summed E-state index contributed by atoms with van der Waals surface area (Å²) in [5.41, 5.74) is 0. The van der Waals surface area contributed by atoms with Crippen LogP contribution in [0.25, 0.3) is 30.0 Å². The topological polar surface area (TPSA) is 23.8 Å². The van der Waals surface area contributed by atoms with Crippen LogP contribution in [0.1, 0.15) is 6.42 Å². The molecule has 0 saturated carbocycles. The lowest BCUT2D eigenvalue weighted by atomic mass is 9.99. The smallest absolute Gasteiger partial charge is 0.0660 e. The summed E-state index contributed by atoms with van der Waals surface area (Å²) >= 11 is 14.9. The highest BCUT2D eigenvalue weighted by Crippen LogP contribution is 2.58. The fourth-order valence-corrected chi connectivity index (χ4v) is 14.6. The van der Waals surface area contributed by atoms with Crippen LogP contribution in [-0.4, -0.2) is 24.5 Å². The van der Waals surface area contributed by atoms with Crippen LogP contribution in [-0.2, 0) is 0 Å². The fraction of sp³-hybridized carbons (Fsp3) is 0.192. The summed E-state index contributed by atoms with van der Waals surface area (Å²) in [6, 6.07) is 20.1. The van der Waals surface area contributed by atoms with Crippen molar-refractivity contribution in [2.24, 2.45) is 0 Å². The Morgan fingerprint density at radius 1 is 0.629 bits per heavy atom. The van der Waals surface area contributed by atoms with Gasteiger partial charge in [-0.1, -0.05) is 95.6 Å². The summed E-state index contributed by atoms with van der Waals surface area (Å²) < 4.78 is 8.21. The molecule has 0 radical (unpaired) electrons. The van der Waals surface area contributed by atoms with Crippen LogP contribution >= 0.6 is 94.1 Å². The minimum Gasteiger partial charge on any atom is -0.198 e. The van der Waals surface area contributed by atoms with Gasteiger partial charge in [-0.15, -0.1) is 47.0 Å². The van der Waals surface area contributed by atoms with Crippen LogP contribution in [0.4, 0.5) is 0 Å². The van der Waals surface area contributed by atoms with Gasteiger partial charge >= 0.3 is 0 Å². The van der Waals surface area contributed by atoms with E-state index in [9.17, 15) is 0 Å². The number of nitrogens with zero attached hydrogens (tertiary/aromatic N) is 1. The third-order valence-electron chi connectivity index (χ3n) is 5.42. The third-order valence-corrected chi connectivity index (χ3v) is 16.0. The maximum atomic E-state index is 9.00. The van der Waals surface area contributed by atoms with Crippen LogP contribution in [0.15, 0.2) is 65.5 Å². The molecule has 1 nitrogen and oxygen atoms in total. The first-order valence-corrected chi connectivity index (χ1v) is 18.6. The second-order valence-electron chi connectivity index (χ2n) is 7.34. The second-order valence-corrected chi connectivity index (χ2v) is 16.5. The van der Waals surface area contributed by atoms with E-state index in [0.717, 1.165) is 5.75 Å². The van der Waals surface area contributed by atoms with Crippen molar-refractivity contribution in [2.45, 2.75) is 6.42 Å². The molecule has 5 rings (SSSR count). The van der Waals surface area contributed by atoms with Crippen molar-refractivity contribution in [3.63, 3.8) is 0 Å². The first-order chi connectivity index (χ1) is 17.2. The van der Waals surface area contributed by atoms with Crippen molar-refractivity contribution in [3.8, 4) is 6.07 Å². The maximum absolute atomic E-state index is 9.00. The predicted octanol–water partition coefficient (Wildman–Crippen LogP) is 9.07. The van der Waals surface area contributed by atoms with Gasteiger partial charge in [0, 0.05) is 22.6 Å². The van der Waals surface area contributed by atoms with E-state index in [4.69, 9.17) is 5.26 Å². The highest BCUT2D eigenvalue weighted by atomic mass is 32.3. The van der Waals surface area contributed by atoms with E-state index in [1.54, 1.807) is 0 Å². The van der Waals surface area contributed by atoms with Gasteiger partial charge in [-0.05, 0) is 40.3 Å².